The summed E-state index contributed by atoms with van der Waals surface area (Å²) >= 11 is 6.39. The van der Waals surface area contributed by atoms with Gasteiger partial charge in [0.05, 0.1) is 5.56 Å². The highest BCUT2D eigenvalue weighted by atomic mass is 35.5. The highest BCUT2D eigenvalue weighted by Gasteiger charge is 2.41. The van der Waals surface area contributed by atoms with E-state index in [-0.39, 0.29) is 12.2 Å². The molecule has 4 nitrogen and oxygen atoms in total. The summed E-state index contributed by atoms with van der Waals surface area (Å²) in [5.74, 6) is 1.12. The molecule has 1 fully saturated rings. The normalized spacial score (nSPS) is 19.7. The van der Waals surface area contributed by atoms with Crippen LogP contribution in [0.2, 0.25) is 5.02 Å². The van der Waals surface area contributed by atoms with Crippen LogP contribution < -0.4 is 15.2 Å². The third-order valence-corrected chi connectivity index (χ3v) is 4.53. The number of aldehydes is 1. The average molecular weight is 282 g/mol. The standard InChI is InChI=1S/C14H16ClNO3/c15-10-5-9(6-17)12-13(19-8-18-12)11(10)14(7-16)3-1-2-4-14/h5-6H,1-4,7-8,16H2. The molecule has 2 aliphatic rings. The van der Waals surface area contributed by atoms with Crippen LogP contribution in [0.4, 0.5) is 0 Å². The Labute approximate surface area is 116 Å². The zero-order valence-electron chi connectivity index (χ0n) is 10.6. The van der Waals surface area contributed by atoms with Crippen LogP contribution in [0.1, 0.15) is 41.6 Å². The Bertz CT molecular complexity index is 524. The summed E-state index contributed by atoms with van der Waals surface area (Å²) in [4.78, 5) is 11.1. The first kappa shape index (κ1) is 12.8. The molecule has 0 amide bonds. The Kier molecular flexibility index (Phi) is 3.15. The maximum atomic E-state index is 11.1. The Morgan fingerprint density at radius 1 is 1.32 bits per heavy atom. The van der Waals surface area contributed by atoms with Crippen LogP contribution in [0.3, 0.4) is 0 Å². The van der Waals surface area contributed by atoms with Gasteiger partial charge in [-0.15, -0.1) is 0 Å². The fraction of sp³-hybridized carbons (Fsp3) is 0.500. The molecular weight excluding hydrogens is 266 g/mol. The average Bonchev–Trinajstić information content (AvgIpc) is 3.06. The number of carbonyl (C=O) groups is 1. The van der Waals surface area contributed by atoms with Crippen molar-refractivity contribution in [1.82, 2.24) is 0 Å². The van der Waals surface area contributed by atoms with Gasteiger partial charge in [-0.1, -0.05) is 24.4 Å². The smallest absolute Gasteiger partial charge is 0.231 e. The van der Waals surface area contributed by atoms with E-state index < -0.39 is 0 Å². The van der Waals surface area contributed by atoms with E-state index in [0.29, 0.717) is 28.6 Å². The number of hydrogen-bond acceptors (Lipinski definition) is 4. The molecule has 1 heterocycles. The van der Waals surface area contributed by atoms with E-state index in [1.807, 2.05) is 0 Å². The number of fused-ring (bicyclic) bond motifs is 1. The highest BCUT2D eigenvalue weighted by Crippen LogP contribution is 2.52. The molecule has 0 unspecified atom stereocenters. The highest BCUT2D eigenvalue weighted by molar-refractivity contribution is 6.32. The van der Waals surface area contributed by atoms with Crippen LogP contribution in [0.15, 0.2) is 6.07 Å². The zero-order valence-corrected chi connectivity index (χ0v) is 11.3. The second kappa shape index (κ2) is 4.69. The van der Waals surface area contributed by atoms with Crippen molar-refractivity contribution in [3.63, 3.8) is 0 Å². The van der Waals surface area contributed by atoms with Crippen molar-refractivity contribution < 1.29 is 14.3 Å². The summed E-state index contributed by atoms with van der Waals surface area (Å²) in [6, 6.07) is 1.66. The van der Waals surface area contributed by atoms with Crippen molar-refractivity contribution >= 4 is 17.9 Å². The second-order valence-corrected chi connectivity index (χ2v) is 5.60. The molecule has 1 aliphatic carbocycles. The number of ether oxygens (including phenoxy) is 2. The topological polar surface area (TPSA) is 61.6 Å². The molecule has 0 radical (unpaired) electrons. The first-order chi connectivity index (χ1) is 9.22. The van der Waals surface area contributed by atoms with Gasteiger partial charge in [0, 0.05) is 22.5 Å². The number of benzene rings is 1. The van der Waals surface area contributed by atoms with E-state index in [9.17, 15) is 4.79 Å². The van der Waals surface area contributed by atoms with E-state index in [4.69, 9.17) is 26.8 Å². The van der Waals surface area contributed by atoms with Gasteiger partial charge >= 0.3 is 0 Å². The van der Waals surface area contributed by atoms with Gasteiger partial charge in [0.2, 0.25) is 6.79 Å². The van der Waals surface area contributed by atoms with E-state index >= 15 is 0 Å². The summed E-state index contributed by atoms with van der Waals surface area (Å²) in [6.07, 6.45) is 5.02. The van der Waals surface area contributed by atoms with E-state index in [1.165, 1.54) is 0 Å². The molecule has 19 heavy (non-hydrogen) atoms. The quantitative estimate of drug-likeness (QED) is 0.865. The van der Waals surface area contributed by atoms with Gasteiger partial charge < -0.3 is 15.2 Å². The number of halogens is 1. The van der Waals surface area contributed by atoms with E-state index in [0.717, 1.165) is 37.5 Å². The third-order valence-electron chi connectivity index (χ3n) is 4.23. The molecule has 3 rings (SSSR count). The molecule has 102 valence electrons. The Morgan fingerprint density at radius 3 is 2.63 bits per heavy atom. The van der Waals surface area contributed by atoms with Crippen LogP contribution in [0, 0.1) is 0 Å². The fourth-order valence-corrected chi connectivity index (χ4v) is 3.65. The van der Waals surface area contributed by atoms with Gasteiger partial charge in [-0.3, -0.25) is 4.79 Å². The second-order valence-electron chi connectivity index (χ2n) is 5.20. The minimum absolute atomic E-state index is 0.129. The van der Waals surface area contributed by atoms with Crippen LogP contribution in [0.25, 0.3) is 0 Å². The lowest BCUT2D eigenvalue weighted by Crippen LogP contribution is -2.32. The molecule has 1 saturated carbocycles. The maximum Gasteiger partial charge on any atom is 0.231 e. The summed E-state index contributed by atoms with van der Waals surface area (Å²) in [5.41, 5.74) is 7.23. The van der Waals surface area contributed by atoms with Crippen LogP contribution in [-0.2, 0) is 5.41 Å². The molecule has 0 saturated heterocycles. The minimum atomic E-state index is -0.143. The lowest BCUT2D eigenvalue weighted by atomic mass is 9.78. The van der Waals surface area contributed by atoms with Crippen molar-refractivity contribution in [1.29, 1.82) is 0 Å². The van der Waals surface area contributed by atoms with Crippen LogP contribution >= 0.6 is 11.6 Å². The Morgan fingerprint density at radius 2 is 2.00 bits per heavy atom. The summed E-state index contributed by atoms with van der Waals surface area (Å²) in [5, 5.41) is 0.554. The fourth-order valence-electron chi connectivity index (χ4n) is 3.25. The first-order valence-corrected chi connectivity index (χ1v) is 6.87. The minimum Gasteiger partial charge on any atom is -0.453 e. The Hall–Kier alpha value is -1.26. The van der Waals surface area contributed by atoms with Gasteiger partial charge in [0.25, 0.3) is 0 Å². The van der Waals surface area contributed by atoms with Gasteiger partial charge in [0.1, 0.15) is 0 Å². The monoisotopic (exact) mass is 281 g/mol. The van der Waals surface area contributed by atoms with E-state index in [2.05, 4.69) is 0 Å². The summed E-state index contributed by atoms with van der Waals surface area (Å²) < 4.78 is 11.0. The van der Waals surface area contributed by atoms with E-state index in [1.54, 1.807) is 6.07 Å². The lowest BCUT2D eigenvalue weighted by Gasteiger charge is -2.30. The largest absolute Gasteiger partial charge is 0.453 e. The molecule has 0 spiro atoms. The number of carbonyl (C=O) groups excluding carboxylic acids is 1. The summed E-state index contributed by atoms with van der Waals surface area (Å²) in [6.45, 7) is 0.660. The Balaban J connectivity index is 2.21. The van der Waals surface area contributed by atoms with Crippen molar-refractivity contribution in [2.24, 2.45) is 5.73 Å². The predicted octanol–water partition coefficient (Wildman–Crippen LogP) is 2.65. The van der Waals surface area contributed by atoms with Crippen molar-refractivity contribution in [3.05, 3.63) is 22.2 Å². The molecule has 1 aliphatic heterocycles. The summed E-state index contributed by atoms with van der Waals surface area (Å²) in [7, 11) is 0. The predicted molar refractivity (Wildman–Crippen MR) is 72.2 cm³/mol. The van der Waals surface area contributed by atoms with Gasteiger partial charge in [-0.05, 0) is 18.9 Å². The van der Waals surface area contributed by atoms with Gasteiger partial charge in [0.15, 0.2) is 17.8 Å². The molecule has 1 aromatic carbocycles. The molecule has 0 atom stereocenters. The molecule has 1 aromatic rings. The zero-order chi connectivity index (χ0) is 13.5. The molecule has 0 aromatic heterocycles. The molecule has 2 N–H and O–H groups in total. The molecule has 5 heteroatoms. The number of rotatable bonds is 3. The van der Waals surface area contributed by atoms with Crippen LogP contribution in [-0.4, -0.2) is 19.6 Å². The lowest BCUT2D eigenvalue weighted by molar-refractivity contribution is 0.111. The molecule has 0 bridgehead atoms. The van der Waals surface area contributed by atoms with Gasteiger partial charge in [-0.25, -0.2) is 0 Å². The SMILES string of the molecule is NCC1(c2c(Cl)cc(C=O)c3c2OCO3)CCCC1. The number of nitrogens with two attached hydrogens (primary N) is 1. The van der Waals surface area contributed by atoms with Gasteiger partial charge in [-0.2, -0.15) is 0 Å². The maximum absolute atomic E-state index is 11.1. The van der Waals surface area contributed by atoms with Crippen molar-refractivity contribution in [2.45, 2.75) is 31.1 Å². The van der Waals surface area contributed by atoms with Crippen molar-refractivity contribution in [3.8, 4) is 11.5 Å². The van der Waals surface area contributed by atoms with Crippen LogP contribution in [0.5, 0.6) is 11.5 Å². The number of hydrogen-bond donors (Lipinski definition) is 1. The van der Waals surface area contributed by atoms with Crippen molar-refractivity contribution in [2.75, 3.05) is 13.3 Å². The molecular formula is C14H16ClNO3. The first-order valence-electron chi connectivity index (χ1n) is 6.50. The third kappa shape index (κ3) is 1.82.